The molecule has 2 rings (SSSR count). The van der Waals surface area contributed by atoms with Crippen LogP contribution in [0.3, 0.4) is 0 Å². The van der Waals surface area contributed by atoms with Gasteiger partial charge in [-0.1, -0.05) is 0 Å². The monoisotopic (exact) mass is 348 g/mol. The largest absolute Gasteiger partial charge is 0.394 e. The second-order valence-electron chi connectivity index (χ2n) is 4.92. The lowest BCUT2D eigenvalue weighted by molar-refractivity contribution is -0.384. The third kappa shape index (κ3) is 4.69. The summed E-state index contributed by atoms with van der Waals surface area (Å²) in [5.74, 6) is 0. The summed E-state index contributed by atoms with van der Waals surface area (Å²) in [5, 5.41) is 36.4. The number of anilines is 1. The van der Waals surface area contributed by atoms with Crippen molar-refractivity contribution in [1.82, 2.24) is 10.3 Å². The van der Waals surface area contributed by atoms with Crippen LogP contribution in [0, 0.1) is 10.1 Å². The van der Waals surface area contributed by atoms with E-state index in [1.807, 2.05) is 0 Å². The van der Waals surface area contributed by atoms with Gasteiger partial charge in [0.2, 0.25) is 0 Å². The molecule has 0 saturated heterocycles. The lowest BCUT2D eigenvalue weighted by atomic mass is 10.0. The van der Waals surface area contributed by atoms with Crippen molar-refractivity contribution in [3.63, 3.8) is 0 Å². The first-order chi connectivity index (χ1) is 11.5. The Labute approximate surface area is 143 Å². The molecule has 0 aliphatic carbocycles. The number of aromatic nitrogens is 1. The van der Waals surface area contributed by atoms with Gasteiger partial charge in [0.1, 0.15) is 6.10 Å². The van der Waals surface area contributed by atoms with E-state index in [0.29, 0.717) is 11.3 Å². The molecule has 0 saturated carbocycles. The lowest BCUT2D eigenvalue weighted by Crippen LogP contribution is -2.43. The van der Waals surface area contributed by atoms with Crippen LogP contribution < -0.4 is 10.6 Å². The van der Waals surface area contributed by atoms with Gasteiger partial charge in [-0.3, -0.25) is 15.1 Å². The third-order valence-corrected chi connectivity index (χ3v) is 3.48. The van der Waals surface area contributed by atoms with E-state index in [4.69, 9.17) is 12.2 Å². The number of nitrogens with zero attached hydrogens (tertiary/aromatic N) is 2. The SMILES string of the molecule is O=[N+]([O-])c1ccc(C(O)C(CO)NC(=S)Nc2cccnc2)cc1. The highest BCUT2D eigenvalue weighted by Gasteiger charge is 2.21. The summed E-state index contributed by atoms with van der Waals surface area (Å²) >= 11 is 5.14. The highest BCUT2D eigenvalue weighted by atomic mass is 32.1. The van der Waals surface area contributed by atoms with E-state index in [9.17, 15) is 20.3 Å². The van der Waals surface area contributed by atoms with Gasteiger partial charge in [0, 0.05) is 18.3 Å². The molecule has 0 spiro atoms. The molecule has 1 heterocycles. The Bertz CT molecular complexity index is 696. The zero-order chi connectivity index (χ0) is 17.5. The van der Waals surface area contributed by atoms with Crippen molar-refractivity contribution in [2.75, 3.05) is 11.9 Å². The molecule has 0 aliphatic heterocycles. The first kappa shape index (κ1) is 17.7. The summed E-state index contributed by atoms with van der Waals surface area (Å²) in [7, 11) is 0. The number of nitrogens with one attached hydrogen (secondary N) is 2. The van der Waals surface area contributed by atoms with Crippen molar-refractivity contribution in [1.29, 1.82) is 0 Å². The van der Waals surface area contributed by atoms with Crippen molar-refractivity contribution in [2.24, 2.45) is 0 Å². The second-order valence-corrected chi connectivity index (χ2v) is 5.33. The van der Waals surface area contributed by atoms with Crippen LogP contribution >= 0.6 is 12.2 Å². The molecule has 24 heavy (non-hydrogen) atoms. The van der Waals surface area contributed by atoms with Gasteiger partial charge in [-0.2, -0.15) is 0 Å². The van der Waals surface area contributed by atoms with Crippen LogP contribution in [0.2, 0.25) is 0 Å². The number of aliphatic hydroxyl groups excluding tert-OH is 2. The van der Waals surface area contributed by atoms with E-state index in [-0.39, 0.29) is 17.4 Å². The summed E-state index contributed by atoms with van der Waals surface area (Å²) in [4.78, 5) is 14.1. The predicted octanol–water partition coefficient (Wildman–Crippen LogP) is 1.37. The molecule has 0 fully saturated rings. The number of hydrogen-bond acceptors (Lipinski definition) is 6. The van der Waals surface area contributed by atoms with Crippen LogP contribution in [0.5, 0.6) is 0 Å². The number of nitro groups is 1. The predicted molar refractivity (Wildman–Crippen MR) is 92.5 cm³/mol. The average Bonchev–Trinajstić information content (AvgIpc) is 2.60. The molecule has 9 heteroatoms. The number of aliphatic hydroxyl groups is 2. The second kappa shape index (κ2) is 8.29. The Kier molecular flexibility index (Phi) is 6.13. The Morgan fingerprint density at radius 1 is 1.33 bits per heavy atom. The summed E-state index contributed by atoms with van der Waals surface area (Å²) in [6, 6.07) is 8.18. The average molecular weight is 348 g/mol. The molecule has 0 aliphatic rings. The topological polar surface area (TPSA) is 121 Å². The van der Waals surface area contributed by atoms with Crippen LogP contribution in [0.15, 0.2) is 48.8 Å². The zero-order valence-corrected chi connectivity index (χ0v) is 13.3. The highest BCUT2D eigenvalue weighted by Crippen LogP contribution is 2.20. The summed E-state index contributed by atoms with van der Waals surface area (Å²) in [5.41, 5.74) is 1.01. The molecule has 1 aromatic heterocycles. The van der Waals surface area contributed by atoms with E-state index in [2.05, 4.69) is 15.6 Å². The molecule has 2 atom stereocenters. The van der Waals surface area contributed by atoms with Crippen molar-refractivity contribution in [2.45, 2.75) is 12.1 Å². The molecule has 0 radical (unpaired) electrons. The fourth-order valence-corrected chi connectivity index (χ4v) is 2.29. The van der Waals surface area contributed by atoms with Crippen molar-refractivity contribution in [3.8, 4) is 0 Å². The Morgan fingerprint density at radius 2 is 2.04 bits per heavy atom. The number of benzene rings is 1. The molecule has 8 nitrogen and oxygen atoms in total. The Balaban J connectivity index is 2.01. The summed E-state index contributed by atoms with van der Waals surface area (Å²) in [6.07, 6.45) is 2.11. The molecular weight excluding hydrogens is 332 g/mol. The number of thiocarbonyl (C=S) groups is 1. The van der Waals surface area contributed by atoms with Crippen molar-refractivity contribution >= 4 is 28.7 Å². The van der Waals surface area contributed by atoms with E-state index in [0.717, 1.165) is 0 Å². The number of nitro benzene ring substituents is 1. The molecule has 126 valence electrons. The zero-order valence-electron chi connectivity index (χ0n) is 12.5. The molecule has 2 aromatic rings. The smallest absolute Gasteiger partial charge is 0.269 e. The Morgan fingerprint density at radius 3 is 2.58 bits per heavy atom. The molecule has 0 amide bonds. The van der Waals surface area contributed by atoms with Gasteiger partial charge in [0.05, 0.1) is 29.5 Å². The van der Waals surface area contributed by atoms with Crippen LogP contribution in [-0.2, 0) is 0 Å². The number of hydrogen-bond donors (Lipinski definition) is 4. The van der Waals surface area contributed by atoms with Crippen LogP contribution in [0.1, 0.15) is 11.7 Å². The van der Waals surface area contributed by atoms with Crippen molar-refractivity contribution < 1.29 is 15.1 Å². The molecule has 1 aromatic carbocycles. The van der Waals surface area contributed by atoms with Gasteiger partial charge < -0.3 is 20.8 Å². The standard InChI is InChI=1S/C15H16N4O4S/c20-9-13(18-15(24)17-11-2-1-7-16-8-11)14(21)10-3-5-12(6-4-10)19(22)23/h1-8,13-14,20-21H,9H2,(H2,17,18,24). The fourth-order valence-electron chi connectivity index (χ4n) is 2.02. The van der Waals surface area contributed by atoms with Gasteiger partial charge in [0.25, 0.3) is 5.69 Å². The van der Waals surface area contributed by atoms with Gasteiger partial charge in [-0.15, -0.1) is 0 Å². The minimum Gasteiger partial charge on any atom is -0.394 e. The van der Waals surface area contributed by atoms with Gasteiger partial charge in [0.15, 0.2) is 5.11 Å². The first-order valence-corrected chi connectivity index (χ1v) is 7.43. The molecular formula is C15H16N4O4S. The normalized spacial score (nSPS) is 12.9. The quantitative estimate of drug-likeness (QED) is 0.351. The number of pyridine rings is 1. The molecule has 0 bridgehead atoms. The maximum absolute atomic E-state index is 10.7. The molecule has 2 unspecified atom stereocenters. The van der Waals surface area contributed by atoms with E-state index < -0.39 is 17.1 Å². The molecule has 4 N–H and O–H groups in total. The minimum atomic E-state index is -1.09. The van der Waals surface area contributed by atoms with Crippen LogP contribution in [0.4, 0.5) is 11.4 Å². The first-order valence-electron chi connectivity index (χ1n) is 7.02. The van der Waals surface area contributed by atoms with Crippen molar-refractivity contribution in [3.05, 3.63) is 64.5 Å². The van der Waals surface area contributed by atoms with E-state index in [1.165, 1.54) is 24.3 Å². The third-order valence-electron chi connectivity index (χ3n) is 3.26. The van der Waals surface area contributed by atoms with Crippen LogP contribution in [0.25, 0.3) is 0 Å². The van der Waals surface area contributed by atoms with E-state index in [1.54, 1.807) is 24.5 Å². The van der Waals surface area contributed by atoms with E-state index >= 15 is 0 Å². The minimum absolute atomic E-state index is 0.0757. The summed E-state index contributed by atoms with van der Waals surface area (Å²) < 4.78 is 0. The maximum Gasteiger partial charge on any atom is 0.269 e. The fraction of sp³-hybridized carbons (Fsp3) is 0.200. The van der Waals surface area contributed by atoms with Gasteiger partial charge in [-0.25, -0.2) is 0 Å². The van der Waals surface area contributed by atoms with Crippen LogP contribution in [-0.4, -0.2) is 37.9 Å². The maximum atomic E-state index is 10.7. The number of non-ortho nitro benzene ring substituents is 1. The Hall–Kier alpha value is -2.62. The lowest BCUT2D eigenvalue weighted by Gasteiger charge is -2.24. The number of rotatable bonds is 6. The summed E-state index contributed by atoms with van der Waals surface area (Å²) in [6.45, 7) is -0.382. The van der Waals surface area contributed by atoms with Gasteiger partial charge >= 0.3 is 0 Å². The highest BCUT2D eigenvalue weighted by molar-refractivity contribution is 7.80. The van der Waals surface area contributed by atoms with Gasteiger partial charge in [-0.05, 0) is 42.0 Å².